The zero-order valence-corrected chi connectivity index (χ0v) is 5.97. The summed E-state index contributed by atoms with van der Waals surface area (Å²) in [5.41, 5.74) is 0. The summed E-state index contributed by atoms with van der Waals surface area (Å²) < 4.78 is 4.75. The number of rotatable bonds is 4. The molecule has 0 spiro atoms. The van der Waals surface area contributed by atoms with E-state index in [9.17, 15) is 9.59 Å². The van der Waals surface area contributed by atoms with Crippen molar-refractivity contribution in [2.24, 2.45) is 0 Å². The van der Waals surface area contributed by atoms with E-state index in [1.165, 1.54) is 0 Å². The summed E-state index contributed by atoms with van der Waals surface area (Å²) in [5, 5.41) is 0. The van der Waals surface area contributed by atoms with E-state index in [4.69, 9.17) is 0 Å². The van der Waals surface area contributed by atoms with Crippen LogP contribution in [0.15, 0.2) is 0 Å². The van der Waals surface area contributed by atoms with E-state index in [2.05, 4.69) is 6.95 Å². The summed E-state index contributed by atoms with van der Waals surface area (Å²) in [6.45, 7) is 0. The fraction of sp³-hybridized carbons (Fsp3) is 0. The molecule has 0 aromatic carbocycles. The molecule has 0 aliphatic rings. The molecule has 0 rings (SSSR count). The third-order valence-corrected chi connectivity index (χ3v) is 1.57. The van der Waals surface area contributed by atoms with Crippen molar-refractivity contribution in [2.75, 3.05) is 0 Å². The second-order valence-corrected chi connectivity index (χ2v) is 2.72. The van der Waals surface area contributed by atoms with Crippen LogP contribution in [0.1, 0.15) is 0 Å². The van der Waals surface area contributed by atoms with Crippen molar-refractivity contribution in [1.82, 2.24) is 6.95 Å². The SMILES string of the molecule is O=C[NH][Sb][NH]C=O. The van der Waals surface area contributed by atoms with Crippen molar-refractivity contribution in [2.45, 2.75) is 0 Å². The maximum atomic E-state index is 9.45. The Hall–Kier alpha value is -0.242. The molecule has 0 atom stereocenters. The Morgan fingerprint density at radius 1 is 1.14 bits per heavy atom. The van der Waals surface area contributed by atoms with Crippen molar-refractivity contribution >= 4 is 35.0 Å². The summed E-state index contributed by atoms with van der Waals surface area (Å²) in [5.74, 6) is 0. The van der Waals surface area contributed by atoms with E-state index in [0.29, 0.717) is 12.8 Å². The summed E-state index contributed by atoms with van der Waals surface area (Å²) in [7, 11) is 0. The quantitative estimate of drug-likeness (QED) is 0.320. The van der Waals surface area contributed by atoms with Crippen LogP contribution in [0, 0.1) is 0 Å². The Morgan fingerprint density at radius 2 is 1.57 bits per heavy atom. The molecule has 39 valence electrons. The first kappa shape index (κ1) is 6.76. The Labute approximate surface area is 51.9 Å². The molecule has 0 aliphatic carbocycles. The van der Waals surface area contributed by atoms with Gasteiger partial charge in [-0.2, -0.15) is 0 Å². The zero-order valence-electron chi connectivity index (χ0n) is 3.42. The molecule has 0 bridgehead atoms. The predicted octanol–water partition coefficient (Wildman–Crippen LogP) is -1.99. The number of carbonyl (C=O) groups is 2. The molecule has 2 N–H and O–H groups in total. The predicted molar refractivity (Wildman–Crippen MR) is 24.2 cm³/mol. The Balaban J connectivity index is 2.68. The van der Waals surface area contributed by atoms with Gasteiger partial charge in [0.05, 0.1) is 0 Å². The van der Waals surface area contributed by atoms with Gasteiger partial charge in [0, 0.05) is 0 Å². The van der Waals surface area contributed by atoms with Gasteiger partial charge in [-0.25, -0.2) is 0 Å². The number of hydrogen-bond acceptors (Lipinski definition) is 2. The fourth-order valence-electron chi connectivity index (χ4n) is 0.0900. The number of carbonyl (C=O) groups excluding carboxylic acids is 2. The zero-order chi connectivity index (χ0) is 5.54. The summed E-state index contributed by atoms with van der Waals surface area (Å²) in [6, 6.07) is 0. The topological polar surface area (TPSA) is 58.2 Å². The average molecular weight is 210 g/mol. The maximum absolute atomic E-state index is 9.45. The molecule has 0 aliphatic heterocycles. The molecule has 0 aromatic heterocycles. The van der Waals surface area contributed by atoms with Gasteiger partial charge in [0.15, 0.2) is 0 Å². The molecule has 0 fully saturated rings. The Morgan fingerprint density at radius 3 is 1.86 bits per heavy atom. The van der Waals surface area contributed by atoms with Crippen LogP contribution < -0.4 is 6.95 Å². The molecule has 2 amide bonds. The van der Waals surface area contributed by atoms with Crippen LogP contribution in [-0.4, -0.2) is 35.0 Å². The van der Waals surface area contributed by atoms with Crippen molar-refractivity contribution in [1.29, 1.82) is 0 Å². The van der Waals surface area contributed by atoms with Crippen LogP contribution in [0.4, 0.5) is 0 Å². The van der Waals surface area contributed by atoms with Crippen LogP contribution in [0.3, 0.4) is 0 Å². The van der Waals surface area contributed by atoms with Crippen LogP contribution in [-0.2, 0) is 9.59 Å². The van der Waals surface area contributed by atoms with Gasteiger partial charge in [0.25, 0.3) is 0 Å². The third kappa shape index (κ3) is 5.76. The first-order chi connectivity index (χ1) is 3.41. The molecule has 7 heavy (non-hydrogen) atoms. The summed E-state index contributed by atoms with van der Waals surface area (Å²) >= 11 is -0.907. The second kappa shape index (κ2) is 5.76. The average Bonchev–Trinajstić information content (AvgIpc) is 1.69. The molecule has 0 aromatic rings. The molecule has 0 saturated carbocycles. The van der Waals surface area contributed by atoms with Crippen LogP contribution in [0.2, 0.25) is 0 Å². The molecular weight excluding hydrogens is 206 g/mol. The van der Waals surface area contributed by atoms with E-state index < -0.39 is 22.2 Å². The van der Waals surface area contributed by atoms with Gasteiger partial charge in [-0.1, -0.05) is 0 Å². The Bertz CT molecular complexity index is 58.7. The molecule has 0 saturated heterocycles. The van der Waals surface area contributed by atoms with Crippen LogP contribution in [0.25, 0.3) is 0 Å². The molecule has 1 radical (unpaired) electrons. The first-order valence-corrected chi connectivity index (χ1v) is 4.05. The van der Waals surface area contributed by atoms with E-state index in [1.54, 1.807) is 0 Å². The Kier molecular flexibility index (Phi) is 5.56. The van der Waals surface area contributed by atoms with E-state index in [1.807, 2.05) is 0 Å². The van der Waals surface area contributed by atoms with Crippen molar-refractivity contribution in [3.63, 3.8) is 0 Å². The van der Waals surface area contributed by atoms with Crippen LogP contribution in [0.5, 0.6) is 0 Å². The first-order valence-electron chi connectivity index (χ1n) is 1.50. The fourth-order valence-corrected chi connectivity index (χ4v) is 0.604. The van der Waals surface area contributed by atoms with E-state index in [-0.39, 0.29) is 0 Å². The van der Waals surface area contributed by atoms with Crippen molar-refractivity contribution in [3.8, 4) is 0 Å². The number of nitrogens with one attached hydrogen (secondary N) is 2. The van der Waals surface area contributed by atoms with E-state index in [0.717, 1.165) is 0 Å². The monoisotopic (exact) mass is 209 g/mol. The number of hydrogen-bond donors (Lipinski definition) is 2. The summed E-state index contributed by atoms with van der Waals surface area (Å²) in [4.78, 5) is 18.9. The van der Waals surface area contributed by atoms with Crippen molar-refractivity contribution < 1.29 is 9.59 Å². The minimum atomic E-state index is -0.907. The van der Waals surface area contributed by atoms with E-state index >= 15 is 0 Å². The molecule has 0 heterocycles. The van der Waals surface area contributed by atoms with Gasteiger partial charge in [-0.3, -0.25) is 0 Å². The van der Waals surface area contributed by atoms with Crippen LogP contribution >= 0.6 is 0 Å². The van der Waals surface area contributed by atoms with Gasteiger partial charge in [-0.15, -0.1) is 0 Å². The van der Waals surface area contributed by atoms with Gasteiger partial charge in [0.2, 0.25) is 0 Å². The number of amides is 2. The minimum absolute atomic E-state index is 0.577. The van der Waals surface area contributed by atoms with Crippen molar-refractivity contribution in [3.05, 3.63) is 0 Å². The molecular formula is C2H4N2O2Sb. The molecule has 5 heteroatoms. The molecule has 0 unspecified atom stereocenters. The standard InChI is InChI=1S/2CH3NO.Sb/c2*2-1-3;/h2*1H,(H2,2,3);/q;;+2/p-2. The second-order valence-electron chi connectivity index (χ2n) is 0.606. The molecule has 4 nitrogen and oxygen atoms in total. The summed E-state index contributed by atoms with van der Waals surface area (Å²) in [6.07, 6.45) is 1.15. The third-order valence-electron chi connectivity index (χ3n) is 0.235. The normalized spacial score (nSPS) is 6.86. The van der Waals surface area contributed by atoms with Gasteiger partial charge < -0.3 is 0 Å². The van der Waals surface area contributed by atoms with Gasteiger partial charge >= 0.3 is 51.5 Å². The van der Waals surface area contributed by atoms with Gasteiger partial charge in [-0.05, 0) is 0 Å². The van der Waals surface area contributed by atoms with Gasteiger partial charge in [0.1, 0.15) is 0 Å².